The first kappa shape index (κ1) is 94.1. The van der Waals surface area contributed by atoms with Crippen LogP contribution < -0.4 is 0 Å². The second kappa shape index (κ2) is 66.3. The molecule has 0 aliphatic rings. The molecule has 3 unspecified atom stereocenters. The van der Waals surface area contributed by atoms with Crippen LogP contribution in [-0.4, -0.2) is 96.7 Å². The molecule has 0 radical (unpaired) electrons. The highest BCUT2D eigenvalue weighted by Gasteiger charge is 2.30. The van der Waals surface area contributed by atoms with Crippen molar-refractivity contribution in [3.8, 4) is 0 Å². The van der Waals surface area contributed by atoms with Gasteiger partial charge in [0.15, 0.2) is 12.2 Å². The Balaban J connectivity index is 5.23. The molecule has 0 aliphatic carbocycles. The maximum atomic E-state index is 13.1. The van der Waals surface area contributed by atoms with E-state index in [2.05, 4.69) is 55.4 Å². The van der Waals surface area contributed by atoms with Gasteiger partial charge in [0.2, 0.25) is 0 Å². The van der Waals surface area contributed by atoms with E-state index in [1.165, 1.54) is 193 Å². The summed E-state index contributed by atoms with van der Waals surface area (Å²) in [6.45, 7) is 14.2. The molecule has 0 spiro atoms. The first-order valence-electron chi connectivity index (χ1n) is 39.7. The Morgan fingerprint density at radius 1 is 0.260 bits per heavy atom. The van der Waals surface area contributed by atoms with Gasteiger partial charge in [-0.05, 0) is 49.4 Å². The van der Waals surface area contributed by atoms with Crippen LogP contribution in [0.5, 0.6) is 0 Å². The third-order valence-corrected chi connectivity index (χ3v) is 19.7. The van der Waals surface area contributed by atoms with Gasteiger partial charge in [-0.3, -0.25) is 37.3 Å². The smallest absolute Gasteiger partial charge is 0.462 e. The summed E-state index contributed by atoms with van der Waals surface area (Å²) >= 11 is 0. The minimum Gasteiger partial charge on any atom is -0.462 e. The van der Waals surface area contributed by atoms with Gasteiger partial charge in [0.1, 0.15) is 19.3 Å². The van der Waals surface area contributed by atoms with Crippen LogP contribution in [0.3, 0.4) is 0 Å². The van der Waals surface area contributed by atoms with Crippen LogP contribution in [0.15, 0.2) is 0 Å². The number of hydrogen-bond donors (Lipinski definition) is 3. The predicted octanol–water partition coefficient (Wildman–Crippen LogP) is 22.4. The highest BCUT2D eigenvalue weighted by Crippen LogP contribution is 2.45. The summed E-state index contributed by atoms with van der Waals surface area (Å²) in [6.07, 6.45) is 51.5. The minimum absolute atomic E-state index is 0.103. The standard InChI is InChI=1S/C77H150O17P2/c1-67(2)53-45-37-29-22-18-14-11-9-10-12-16-21-25-35-43-51-59-76(81)93-72(63-87-74(79)57-49-41-33-24-20-17-13-15-19-23-30-38-46-54-68(3)4)65-91-95(83,84)89-61-71(78)62-90-96(85,86)92-66-73(94-77(82)60-52-44-36-28-32-40-48-56-70(7)8)64-88-75(80)58-50-42-34-27-26-31-39-47-55-69(5)6/h67-73,78H,9-66H2,1-8H3,(H,83,84)(H,85,86)/t71?,72-,73-/m1/s1. The molecule has 5 atom stereocenters. The summed E-state index contributed by atoms with van der Waals surface area (Å²) in [6, 6.07) is 0. The van der Waals surface area contributed by atoms with Gasteiger partial charge in [0.25, 0.3) is 0 Å². The Kier molecular flexibility index (Phi) is 65.0. The van der Waals surface area contributed by atoms with Gasteiger partial charge in [-0.15, -0.1) is 0 Å². The van der Waals surface area contributed by atoms with Gasteiger partial charge in [-0.2, -0.15) is 0 Å². The average Bonchev–Trinajstić information content (AvgIpc) is 1.28. The number of aliphatic hydroxyl groups is 1. The summed E-state index contributed by atoms with van der Waals surface area (Å²) in [5, 5.41) is 10.6. The van der Waals surface area contributed by atoms with Crippen molar-refractivity contribution in [2.75, 3.05) is 39.6 Å². The molecule has 0 saturated heterocycles. The van der Waals surface area contributed by atoms with Crippen molar-refractivity contribution in [3.63, 3.8) is 0 Å². The van der Waals surface area contributed by atoms with E-state index in [0.717, 1.165) is 108 Å². The lowest BCUT2D eigenvalue weighted by Gasteiger charge is -2.21. The zero-order chi connectivity index (χ0) is 71.0. The quantitative estimate of drug-likeness (QED) is 0.0222. The van der Waals surface area contributed by atoms with E-state index in [-0.39, 0.29) is 25.7 Å². The topological polar surface area (TPSA) is 237 Å². The fourth-order valence-corrected chi connectivity index (χ4v) is 13.3. The van der Waals surface area contributed by atoms with Crippen LogP contribution in [0.2, 0.25) is 0 Å². The molecule has 0 aliphatic heterocycles. The average molecular weight is 1410 g/mol. The van der Waals surface area contributed by atoms with Gasteiger partial charge < -0.3 is 33.8 Å². The summed E-state index contributed by atoms with van der Waals surface area (Å²) < 4.78 is 68.5. The lowest BCUT2D eigenvalue weighted by Crippen LogP contribution is -2.30. The molecule has 0 fully saturated rings. The number of unbranched alkanes of at least 4 members (excludes halogenated alkanes) is 40. The van der Waals surface area contributed by atoms with Gasteiger partial charge in [0.05, 0.1) is 26.4 Å². The van der Waals surface area contributed by atoms with Gasteiger partial charge in [0, 0.05) is 25.7 Å². The number of hydrogen-bond acceptors (Lipinski definition) is 15. The number of ether oxygens (including phenoxy) is 4. The fraction of sp³-hybridized carbons (Fsp3) is 0.948. The molecule has 0 amide bonds. The van der Waals surface area contributed by atoms with Crippen molar-refractivity contribution in [1.82, 2.24) is 0 Å². The molecular formula is C77H150O17P2. The number of rotatable bonds is 74. The lowest BCUT2D eigenvalue weighted by atomic mass is 10.0. The third kappa shape index (κ3) is 70.5. The number of esters is 4. The van der Waals surface area contributed by atoms with E-state index in [9.17, 15) is 43.2 Å². The first-order chi connectivity index (χ1) is 46.1. The van der Waals surface area contributed by atoms with Crippen LogP contribution in [0.4, 0.5) is 0 Å². The van der Waals surface area contributed by atoms with Crippen molar-refractivity contribution in [1.29, 1.82) is 0 Å². The Morgan fingerprint density at radius 2 is 0.438 bits per heavy atom. The van der Waals surface area contributed by atoms with Gasteiger partial charge >= 0.3 is 39.5 Å². The minimum atomic E-state index is -4.96. The number of carbonyl (C=O) groups is 4. The van der Waals surface area contributed by atoms with Crippen LogP contribution in [0.1, 0.15) is 389 Å². The molecule has 96 heavy (non-hydrogen) atoms. The van der Waals surface area contributed by atoms with Gasteiger partial charge in [-0.25, -0.2) is 9.13 Å². The number of phosphoric acid groups is 2. The Morgan fingerprint density at radius 3 is 0.646 bits per heavy atom. The van der Waals surface area contributed by atoms with Gasteiger partial charge in [-0.1, -0.05) is 338 Å². The molecule has 570 valence electrons. The van der Waals surface area contributed by atoms with Crippen LogP contribution >= 0.6 is 15.6 Å². The SMILES string of the molecule is CC(C)CCCCCCCCCCCCCCCCCCC(=O)O[C@H](COC(=O)CCCCCCCCCCCCCCCC(C)C)COP(=O)(O)OCC(O)COP(=O)(O)OC[C@@H](COC(=O)CCCCCCCCCCC(C)C)OC(=O)CCCCCCCCCC(C)C. The summed E-state index contributed by atoms with van der Waals surface area (Å²) in [4.78, 5) is 72.8. The number of carbonyl (C=O) groups excluding carboxylic acids is 4. The van der Waals surface area contributed by atoms with Crippen LogP contribution in [-0.2, 0) is 65.4 Å². The summed E-state index contributed by atoms with van der Waals surface area (Å²) in [5.74, 6) is 0.900. The highest BCUT2D eigenvalue weighted by atomic mass is 31.2. The molecule has 0 aromatic rings. The van der Waals surface area contributed by atoms with Crippen molar-refractivity contribution in [3.05, 3.63) is 0 Å². The van der Waals surface area contributed by atoms with E-state index in [1.54, 1.807) is 0 Å². The second-order valence-corrected chi connectivity index (χ2v) is 32.6. The molecule has 0 aromatic carbocycles. The predicted molar refractivity (Wildman–Crippen MR) is 391 cm³/mol. The summed E-state index contributed by atoms with van der Waals surface area (Å²) in [7, 11) is -9.91. The Hall–Kier alpha value is -1.94. The van der Waals surface area contributed by atoms with Crippen molar-refractivity contribution in [2.45, 2.75) is 408 Å². The van der Waals surface area contributed by atoms with Crippen LogP contribution in [0, 0.1) is 23.7 Å². The lowest BCUT2D eigenvalue weighted by molar-refractivity contribution is -0.161. The van der Waals surface area contributed by atoms with Crippen molar-refractivity contribution in [2.24, 2.45) is 23.7 Å². The zero-order valence-corrected chi connectivity index (χ0v) is 64.8. The molecule has 0 saturated carbocycles. The summed E-state index contributed by atoms with van der Waals surface area (Å²) in [5.41, 5.74) is 0. The molecule has 0 aromatic heterocycles. The van der Waals surface area contributed by atoms with E-state index >= 15 is 0 Å². The van der Waals surface area contributed by atoms with E-state index in [1.807, 2.05) is 0 Å². The second-order valence-electron chi connectivity index (χ2n) is 29.7. The fourth-order valence-electron chi connectivity index (χ4n) is 11.7. The first-order valence-corrected chi connectivity index (χ1v) is 42.7. The maximum Gasteiger partial charge on any atom is 0.472 e. The monoisotopic (exact) mass is 1410 g/mol. The number of aliphatic hydroxyl groups excluding tert-OH is 1. The van der Waals surface area contributed by atoms with E-state index < -0.39 is 97.5 Å². The molecule has 3 N–H and O–H groups in total. The van der Waals surface area contributed by atoms with Crippen molar-refractivity contribution >= 4 is 39.5 Å². The Labute approximate surface area is 588 Å². The molecule has 0 rings (SSSR count). The molecule has 17 nitrogen and oxygen atoms in total. The van der Waals surface area contributed by atoms with Crippen LogP contribution in [0.25, 0.3) is 0 Å². The molecular weight excluding hydrogens is 1260 g/mol. The largest absolute Gasteiger partial charge is 0.472 e. The van der Waals surface area contributed by atoms with Crippen molar-refractivity contribution < 1.29 is 80.2 Å². The van der Waals surface area contributed by atoms with E-state index in [4.69, 9.17) is 37.0 Å². The zero-order valence-electron chi connectivity index (χ0n) is 63.0. The molecule has 0 bridgehead atoms. The Bertz CT molecular complexity index is 1880. The van der Waals surface area contributed by atoms with E-state index in [0.29, 0.717) is 31.6 Å². The normalized spacial score (nSPS) is 14.1. The molecule has 19 heteroatoms. The molecule has 0 heterocycles. The third-order valence-electron chi connectivity index (χ3n) is 17.8. The number of phosphoric ester groups is 2. The maximum absolute atomic E-state index is 13.1. The highest BCUT2D eigenvalue weighted by molar-refractivity contribution is 7.47.